The predicted molar refractivity (Wildman–Crippen MR) is 73.5 cm³/mol. The molecule has 0 unspecified atom stereocenters. The maximum absolute atomic E-state index is 13.0. The average molecular weight is 347 g/mol. The Balaban J connectivity index is 2.25. The minimum absolute atomic E-state index is 0.153. The van der Waals surface area contributed by atoms with Gasteiger partial charge in [0.15, 0.2) is 11.6 Å². The van der Waals surface area contributed by atoms with Gasteiger partial charge in [-0.3, -0.25) is 4.79 Å². The normalized spacial score (nSPS) is 10.3. The van der Waals surface area contributed by atoms with E-state index in [0.29, 0.717) is 4.47 Å². The van der Waals surface area contributed by atoms with E-state index in [1.54, 1.807) is 12.1 Å². The summed E-state index contributed by atoms with van der Waals surface area (Å²) in [6, 6.07) is 7.90. The highest BCUT2D eigenvalue weighted by atomic mass is 79.9. The Morgan fingerprint density at radius 1 is 1.11 bits per heavy atom. The summed E-state index contributed by atoms with van der Waals surface area (Å²) in [6.07, 6.45) is 0. The number of rotatable bonds is 2. The molecule has 19 heavy (non-hydrogen) atoms. The number of hydrogen-bond acceptors (Lipinski definition) is 1. The van der Waals surface area contributed by atoms with Crippen molar-refractivity contribution in [2.75, 3.05) is 5.32 Å². The number of halogens is 4. The molecule has 0 aliphatic heterocycles. The first-order valence-electron chi connectivity index (χ1n) is 5.19. The molecule has 98 valence electrons. The molecule has 1 amide bonds. The molecule has 0 aliphatic rings. The smallest absolute Gasteiger partial charge is 0.257 e. The van der Waals surface area contributed by atoms with Crippen LogP contribution >= 0.6 is 27.5 Å². The molecule has 1 N–H and O–H groups in total. The quantitative estimate of drug-likeness (QED) is 0.844. The monoisotopic (exact) mass is 345 g/mol. The van der Waals surface area contributed by atoms with Crippen molar-refractivity contribution in [2.24, 2.45) is 0 Å². The molecular weight excluding hydrogens is 340 g/mol. The summed E-state index contributed by atoms with van der Waals surface area (Å²) in [6.45, 7) is 0. The molecule has 0 bridgehead atoms. The molecule has 0 radical (unpaired) electrons. The van der Waals surface area contributed by atoms with E-state index < -0.39 is 17.5 Å². The van der Waals surface area contributed by atoms with Crippen molar-refractivity contribution in [3.05, 3.63) is 63.1 Å². The van der Waals surface area contributed by atoms with E-state index in [1.165, 1.54) is 12.1 Å². The number of carbonyl (C=O) groups is 1. The van der Waals surface area contributed by atoms with Crippen LogP contribution in [0, 0.1) is 11.6 Å². The average Bonchev–Trinajstić information content (AvgIpc) is 2.36. The number of benzene rings is 2. The van der Waals surface area contributed by atoms with E-state index in [4.69, 9.17) is 11.6 Å². The molecule has 0 saturated carbocycles. The highest BCUT2D eigenvalue weighted by Crippen LogP contribution is 2.22. The van der Waals surface area contributed by atoms with Crippen LogP contribution < -0.4 is 5.32 Å². The topological polar surface area (TPSA) is 29.1 Å². The second-order valence-corrected chi connectivity index (χ2v) is 5.03. The van der Waals surface area contributed by atoms with Gasteiger partial charge in [0, 0.05) is 16.2 Å². The highest BCUT2D eigenvalue weighted by molar-refractivity contribution is 9.10. The molecule has 2 nitrogen and oxygen atoms in total. The summed E-state index contributed by atoms with van der Waals surface area (Å²) in [5, 5.41) is 2.71. The first-order chi connectivity index (χ1) is 8.97. The lowest BCUT2D eigenvalue weighted by Gasteiger charge is -2.07. The summed E-state index contributed by atoms with van der Waals surface area (Å²) < 4.78 is 26.5. The van der Waals surface area contributed by atoms with Crippen LogP contribution in [0.1, 0.15) is 10.4 Å². The number of anilines is 1. The van der Waals surface area contributed by atoms with Crippen molar-refractivity contribution in [3.8, 4) is 0 Å². The maximum atomic E-state index is 13.0. The largest absolute Gasteiger partial charge is 0.322 e. The van der Waals surface area contributed by atoms with Crippen LogP contribution in [0.4, 0.5) is 14.5 Å². The van der Waals surface area contributed by atoms with Crippen molar-refractivity contribution in [2.45, 2.75) is 0 Å². The fraction of sp³-hybridized carbons (Fsp3) is 0. The van der Waals surface area contributed by atoms with Crippen LogP contribution in [0.15, 0.2) is 40.9 Å². The Bertz CT molecular complexity index is 649. The van der Waals surface area contributed by atoms with Gasteiger partial charge in [-0.2, -0.15) is 0 Å². The van der Waals surface area contributed by atoms with Gasteiger partial charge < -0.3 is 5.32 Å². The molecule has 2 rings (SSSR count). The third-order valence-electron chi connectivity index (χ3n) is 2.35. The molecular formula is C13H7BrClF2NO. The van der Waals surface area contributed by atoms with Crippen LogP contribution in [0.25, 0.3) is 0 Å². The highest BCUT2D eigenvalue weighted by Gasteiger charge is 2.12. The van der Waals surface area contributed by atoms with Crippen molar-refractivity contribution in [3.63, 3.8) is 0 Å². The lowest BCUT2D eigenvalue weighted by atomic mass is 10.2. The summed E-state index contributed by atoms with van der Waals surface area (Å²) in [5.41, 5.74) is 0.390. The van der Waals surface area contributed by atoms with Gasteiger partial charge in [-0.05, 0) is 30.3 Å². The minimum Gasteiger partial charge on any atom is -0.322 e. The number of hydrogen-bond donors (Lipinski definition) is 1. The van der Waals surface area contributed by atoms with Crippen LogP contribution in [-0.2, 0) is 0 Å². The number of carbonyl (C=O) groups excluding carboxylic acids is 1. The van der Waals surface area contributed by atoms with E-state index in [-0.39, 0.29) is 16.3 Å². The minimum atomic E-state index is -1.03. The SMILES string of the molecule is O=C(Nc1ccc(F)c(F)c1)c1cc(Br)ccc1Cl. The van der Waals surface area contributed by atoms with Crippen molar-refractivity contribution in [1.29, 1.82) is 0 Å². The van der Waals surface area contributed by atoms with Gasteiger partial charge in [0.2, 0.25) is 0 Å². The fourth-order valence-corrected chi connectivity index (χ4v) is 2.01. The molecule has 0 saturated heterocycles. The van der Waals surface area contributed by atoms with Crippen molar-refractivity contribution < 1.29 is 13.6 Å². The van der Waals surface area contributed by atoms with E-state index in [2.05, 4.69) is 21.2 Å². The van der Waals surface area contributed by atoms with Crippen LogP contribution in [-0.4, -0.2) is 5.91 Å². The van der Waals surface area contributed by atoms with Crippen LogP contribution in [0.2, 0.25) is 5.02 Å². The van der Waals surface area contributed by atoms with Gasteiger partial charge in [-0.25, -0.2) is 8.78 Å². The number of amides is 1. The summed E-state index contributed by atoms with van der Waals surface area (Å²) >= 11 is 9.12. The van der Waals surface area contributed by atoms with Gasteiger partial charge in [-0.15, -0.1) is 0 Å². The Hall–Kier alpha value is -1.46. The third kappa shape index (κ3) is 3.30. The lowest BCUT2D eigenvalue weighted by molar-refractivity contribution is 0.102. The Kier molecular flexibility index (Phi) is 4.17. The van der Waals surface area contributed by atoms with Crippen molar-refractivity contribution >= 4 is 39.1 Å². The molecule has 2 aromatic rings. The Morgan fingerprint density at radius 3 is 2.53 bits per heavy atom. The zero-order valence-electron chi connectivity index (χ0n) is 9.38. The van der Waals surface area contributed by atoms with E-state index >= 15 is 0 Å². The van der Waals surface area contributed by atoms with Gasteiger partial charge in [0.05, 0.1) is 10.6 Å². The second-order valence-electron chi connectivity index (χ2n) is 3.71. The van der Waals surface area contributed by atoms with Gasteiger partial charge in [-0.1, -0.05) is 27.5 Å². The third-order valence-corrected chi connectivity index (χ3v) is 3.17. The first kappa shape index (κ1) is 14.0. The van der Waals surface area contributed by atoms with E-state index in [1.807, 2.05) is 0 Å². The fourth-order valence-electron chi connectivity index (χ4n) is 1.44. The summed E-state index contributed by atoms with van der Waals surface area (Å²) in [7, 11) is 0. The first-order valence-corrected chi connectivity index (χ1v) is 6.36. The van der Waals surface area contributed by atoms with Crippen LogP contribution in [0.3, 0.4) is 0 Å². The predicted octanol–water partition coefficient (Wildman–Crippen LogP) is 4.63. The Labute approximate surface area is 121 Å². The van der Waals surface area contributed by atoms with Crippen LogP contribution in [0.5, 0.6) is 0 Å². The molecule has 0 heterocycles. The molecule has 0 atom stereocenters. The van der Waals surface area contributed by atoms with E-state index in [0.717, 1.165) is 12.1 Å². The zero-order valence-corrected chi connectivity index (χ0v) is 11.7. The molecule has 0 fully saturated rings. The van der Waals surface area contributed by atoms with Gasteiger partial charge >= 0.3 is 0 Å². The molecule has 2 aromatic carbocycles. The molecule has 6 heteroatoms. The second kappa shape index (κ2) is 5.67. The van der Waals surface area contributed by atoms with Gasteiger partial charge in [0.25, 0.3) is 5.91 Å². The molecule has 0 aromatic heterocycles. The van der Waals surface area contributed by atoms with E-state index in [9.17, 15) is 13.6 Å². The molecule has 0 aliphatic carbocycles. The maximum Gasteiger partial charge on any atom is 0.257 e. The molecule has 0 spiro atoms. The number of nitrogens with one attached hydrogen (secondary N) is 1. The lowest BCUT2D eigenvalue weighted by Crippen LogP contribution is -2.12. The van der Waals surface area contributed by atoms with Gasteiger partial charge in [0.1, 0.15) is 0 Å². The summed E-state index contributed by atoms with van der Waals surface area (Å²) in [4.78, 5) is 12.0. The van der Waals surface area contributed by atoms with Crippen molar-refractivity contribution in [1.82, 2.24) is 0 Å². The standard InChI is InChI=1S/C13H7BrClF2NO/c14-7-1-3-10(15)9(5-7)13(19)18-8-2-4-11(16)12(17)6-8/h1-6H,(H,18,19). The summed E-state index contributed by atoms with van der Waals surface area (Å²) in [5.74, 6) is -2.51. The zero-order chi connectivity index (χ0) is 14.0. The Morgan fingerprint density at radius 2 is 1.84 bits per heavy atom.